The Morgan fingerprint density at radius 3 is 2.33 bits per heavy atom. The van der Waals surface area contributed by atoms with Gasteiger partial charge in [-0.3, -0.25) is 9.59 Å². The number of hydrogen-bond acceptors (Lipinski definition) is 2. The topological polar surface area (TPSA) is 49.4 Å². The molecule has 0 radical (unpaired) electrons. The highest BCUT2D eigenvalue weighted by Crippen LogP contribution is 2.53. The summed E-state index contributed by atoms with van der Waals surface area (Å²) in [5.41, 5.74) is -0.0677. The average molecular weight is 292 g/mol. The number of nitrogens with zero attached hydrogens (tertiary/aromatic N) is 1. The molecule has 5 unspecified atom stereocenters. The number of carbonyl (C=O) groups is 2. The maximum atomic E-state index is 11.4. The van der Waals surface area contributed by atoms with Crippen molar-refractivity contribution in [2.75, 3.05) is 6.54 Å². The first-order chi connectivity index (χ1) is 9.74. The zero-order valence-corrected chi connectivity index (χ0v) is 13.8. The van der Waals surface area contributed by atoms with Crippen molar-refractivity contribution in [2.45, 2.75) is 52.6 Å². The van der Waals surface area contributed by atoms with Gasteiger partial charge in [0.05, 0.1) is 0 Å². The quantitative estimate of drug-likeness (QED) is 0.595. The van der Waals surface area contributed by atoms with Crippen molar-refractivity contribution in [3.8, 4) is 0 Å². The zero-order valence-electron chi connectivity index (χ0n) is 13.8. The minimum Gasteiger partial charge on any atom is -0.354 e. The van der Waals surface area contributed by atoms with Crippen molar-refractivity contribution in [1.82, 2.24) is 10.2 Å². The largest absolute Gasteiger partial charge is 0.354 e. The van der Waals surface area contributed by atoms with E-state index in [2.05, 4.69) is 29.3 Å². The second-order valence-electron chi connectivity index (χ2n) is 7.61. The van der Waals surface area contributed by atoms with E-state index in [0.717, 1.165) is 30.2 Å². The molecule has 4 nitrogen and oxygen atoms in total. The van der Waals surface area contributed by atoms with Crippen LogP contribution in [0.1, 0.15) is 41.0 Å². The number of amides is 2. The van der Waals surface area contributed by atoms with Crippen LogP contribution in [0.5, 0.6) is 0 Å². The molecule has 1 aliphatic heterocycles. The van der Waals surface area contributed by atoms with Gasteiger partial charge in [-0.05, 0) is 57.8 Å². The molecule has 1 heterocycles. The Morgan fingerprint density at radius 2 is 1.90 bits per heavy atom. The Hall–Kier alpha value is -1.32. The molecule has 2 bridgehead atoms. The van der Waals surface area contributed by atoms with Gasteiger partial charge < -0.3 is 10.2 Å². The Labute approximate surface area is 128 Å². The fraction of sp³-hybridized carbons (Fsp3) is 0.765. The van der Waals surface area contributed by atoms with E-state index in [1.165, 1.54) is 6.42 Å². The molecular weight excluding hydrogens is 264 g/mol. The molecule has 118 valence electrons. The minimum atomic E-state index is -0.0677. The Morgan fingerprint density at radius 1 is 1.29 bits per heavy atom. The highest BCUT2D eigenvalue weighted by Gasteiger charge is 2.53. The molecule has 2 fully saturated rings. The van der Waals surface area contributed by atoms with E-state index < -0.39 is 0 Å². The molecule has 1 saturated carbocycles. The van der Waals surface area contributed by atoms with Gasteiger partial charge in [0.15, 0.2) is 0 Å². The SMILES string of the molecule is CC(=O)N1CC2C3C=CC(C3)C2C1C.CC(C)(C)NC=O. The van der Waals surface area contributed by atoms with Crippen molar-refractivity contribution in [2.24, 2.45) is 23.7 Å². The molecule has 0 spiro atoms. The first-order valence-corrected chi connectivity index (χ1v) is 7.91. The fourth-order valence-corrected chi connectivity index (χ4v) is 4.13. The maximum absolute atomic E-state index is 11.4. The summed E-state index contributed by atoms with van der Waals surface area (Å²) in [4.78, 5) is 23.2. The van der Waals surface area contributed by atoms with E-state index in [1.54, 1.807) is 6.92 Å². The van der Waals surface area contributed by atoms with Crippen LogP contribution in [-0.4, -0.2) is 35.3 Å². The molecule has 2 amide bonds. The van der Waals surface area contributed by atoms with Crippen molar-refractivity contribution in [1.29, 1.82) is 0 Å². The number of likely N-dealkylation sites (tertiary alicyclic amines) is 1. The molecule has 1 N–H and O–H groups in total. The van der Waals surface area contributed by atoms with E-state index >= 15 is 0 Å². The molecule has 1 saturated heterocycles. The number of nitrogens with one attached hydrogen (secondary N) is 1. The fourth-order valence-electron chi connectivity index (χ4n) is 4.13. The number of hydrogen-bond donors (Lipinski definition) is 1. The normalized spacial score (nSPS) is 36.0. The molecule has 0 aromatic heterocycles. The zero-order chi connectivity index (χ0) is 15.8. The number of rotatable bonds is 1. The van der Waals surface area contributed by atoms with E-state index in [0.29, 0.717) is 12.5 Å². The summed E-state index contributed by atoms with van der Waals surface area (Å²) in [6.07, 6.45) is 6.82. The van der Waals surface area contributed by atoms with Crippen LogP contribution < -0.4 is 5.32 Å². The maximum Gasteiger partial charge on any atom is 0.219 e. The lowest BCUT2D eigenvalue weighted by molar-refractivity contribution is -0.129. The van der Waals surface area contributed by atoms with Crippen molar-refractivity contribution >= 4 is 12.3 Å². The van der Waals surface area contributed by atoms with Gasteiger partial charge in [0, 0.05) is 25.0 Å². The van der Waals surface area contributed by atoms with Gasteiger partial charge in [-0.15, -0.1) is 0 Å². The van der Waals surface area contributed by atoms with Crippen LogP contribution in [0.25, 0.3) is 0 Å². The summed E-state index contributed by atoms with van der Waals surface area (Å²) in [5, 5.41) is 2.60. The molecule has 3 aliphatic rings. The third kappa shape index (κ3) is 3.30. The summed E-state index contributed by atoms with van der Waals surface area (Å²) in [7, 11) is 0. The monoisotopic (exact) mass is 292 g/mol. The van der Waals surface area contributed by atoms with Gasteiger partial charge in [0.2, 0.25) is 12.3 Å². The van der Waals surface area contributed by atoms with Crippen molar-refractivity contribution < 1.29 is 9.59 Å². The Bertz CT molecular complexity index is 439. The molecule has 5 atom stereocenters. The third-order valence-electron chi connectivity index (χ3n) is 5.04. The highest BCUT2D eigenvalue weighted by molar-refractivity contribution is 5.74. The second-order valence-corrected chi connectivity index (χ2v) is 7.61. The summed E-state index contributed by atoms with van der Waals surface area (Å²) in [6.45, 7) is 10.7. The molecule has 3 rings (SSSR count). The van der Waals surface area contributed by atoms with E-state index in [1.807, 2.05) is 20.8 Å². The van der Waals surface area contributed by atoms with Gasteiger partial charge in [-0.2, -0.15) is 0 Å². The van der Waals surface area contributed by atoms with E-state index in [9.17, 15) is 9.59 Å². The van der Waals surface area contributed by atoms with Gasteiger partial charge in [-0.1, -0.05) is 12.2 Å². The van der Waals surface area contributed by atoms with Crippen LogP contribution in [0.2, 0.25) is 0 Å². The van der Waals surface area contributed by atoms with Crippen LogP contribution >= 0.6 is 0 Å². The standard InChI is InChI=1S/C12H17NO.C5H11NO/c1-7-12-10-4-3-9(5-10)11(12)6-13(7)8(2)14;1-5(2,3)6-4-7/h3-4,7,9-12H,5-6H2,1-2H3;4H,1-3H3,(H,6,7). The second kappa shape index (κ2) is 5.82. The van der Waals surface area contributed by atoms with Gasteiger partial charge in [-0.25, -0.2) is 0 Å². The lowest BCUT2D eigenvalue weighted by atomic mass is 9.82. The van der Waals surface area contributed by atoms with E-state index in [-0.39, 0.29) is 11.4 Å². The lowest BCUT2D eigenvalue weighted by Crippen LogP contribution is -2.35. The molecule has 21 heavy (non-hydrogen) atoms. The molecule has 4 heteroatoms. The third-order valence-corrected chi connectivity index (χ3v) is 5.04. The van der Waals surface area contributed by atoms with E-state index in [4.69, 9.17) is 0 Å². The highest BCUT2D eigenvalue weighted by atomic mass is 16.2. The Kier molecular flexibility index (Phi) is 4.45. The average Bonchev–Trinajstić information content (AvgIpc) is 3.00. The molecule has 0 aromatic carbocycles. The smallest absolute Gasteiger partial charge is 0.219 e. The summed E-state index contributed by atoms with van der Waals surface area (Å²) in [5.74, 6) is 3.32. The first kappa shape index (κ1) is 16.1. The summed E-state index contributed by atoms with van der Waals surface area (Å²) < 4.78 is 0. The predicted octanol–water partition coefficient (Wildman–Crippen LogP) is 2.21. The summed E-state index contributed by atoms with van der Waals surface area (Å²) >= 11 is 0. The van der Waals surface area contributed by atoms with Crippen LogP contribution in [0.3, 0.4) is 0 Å². The first-order valence-electron chi connectivity index (χ1n) is 7.91. The van der Waals surface area contributed by atoms with Crippen LogP contribution in [0.15, 0.2) is 12.2 Å². The van der Waals surface area contributed by atoms with Crippen LogP contribution in [0, 0.1) is 23.7 Å². The van der Waals surface area contributed by atoms with Crippen molar-refractivity contribution in [3.63, 3.8) is 0 Å². The predicted molar refractivity (Wildman–Crippen MR) is 83.5 cm³/mol. The summed E-state index contributed by atoms with van der Waals surface area (Å²) in [6, 6.07) is 0.470. The Balaban J connectivity index is 0.000000199. The molecule has 2 aliphatic carbocycles. The van der Waals surface area contributed by atoms with Gasteiger partial charge in [0.25, 0.3) is 0 Å². The lowest BCUT2D eigenvalue weighted by Gasteiger charge is -2.25. The van der Waals surface area contributed by atoms with Crippen molar-refractivity contribution in [3.05, 3.63) is 12.2 Å². The molecule has 0 aromatic rings. The number of allylic oxidation sites excluding steroid dienone is 2. The minimum absolute atomic E-state index is 0.0677. The number of fused-ring (bicyclic) bond motifs is 5. The molecular formula is C17H28N2O2. The van der Waals surface area contributed by atoms with Gasteiger partial charge in [0.1, 0.15) is 0 Å². The van der Waals surface area contributed by atoms with Crippen LogP contribution in [-0.2, 0) is 9.59 Å². The van der Waals surface area contributed by atoms with Crippen LogP contribution in [0.4, 0.5) is 0 Å². The number of carbonyl (C=O) groups excluding carboxylic acids is 2. The van der Waals surface area contributed by atoms with Gasteiger partial charge >= 0.3 is 0 Å².